The highest BCUT2D eigenvalue weighted by Gasteiger charge is 2.17. The molecule has 0 unspecified atom stereocenters. The predicted octanol–water partition coefficient (Wildman–Crippen LogP) is 3.94. The van der Waals surface area contributed by atoms with Gasteiger partial charge in [-0.3, -0.25) is 9.69 Å². The van der Waals surface area contributed by atoms with E-state index in [4.69, 9.17) is 19.2 Å². The summed E-state index contributed by atoms with van der Waals surface area (Å²) in [6.45, 7) is 7.30. The third-order valence-electron chi connectivity index (χ3n) is 5.93. The van der Waals surface area contributed by atoms with Crippen molar-refractivity contribution in [3.8, 4) is 11.5 Å². The first-order chi connectivity index (χ1) is 16.1. The molecule has 0 bridgehead atoms. The van der Waals surface area contributed by atoms with E-state index < -0.39 is 0 Å². The Morgan fingerprint density at radius 2 is 1.88 bits per heavy atom. The molecule has 176 valence electrons. The normalized spacial score (nSPS) is 14.4. The number of ether oxygens (including phenoxy) is 3. The molecular weight excluding hydrogens is 420 g/mol. The topological polar surface area (TPSA) is 77.9 Å². The molecule has 8 heteroatoms. The molecule has 2 aromatic carbocycles. The smallest absolute Gasteiger partial charge is 0.255 e. The standard InChI is InChI=1S/C25H32N4O4/c1-4-5-10-29-21-8-7-19(16-20(21)27-24(29)17-28-11-13-33-14-12-28)26-25(30)18-6-9-22(31-2)23(15-18)32-3/h6-9,15-16H,4-5,10-14,17H2,1-3H3,(H,26,30). The summed E-state index contributed by atoms with van der Waals surface area (Å²) in [6, 6.07) is 11.0. The molecule has 1 amide bonds. The van der Waals surface area contributed by atoms with Crippen LogP contribution in [0.25, 0.3) is 11.0 Å². The molecule has 0 saturated carbocycles. The van der Waals surface area contributed by atoms with E-state index in [1.165, 1.54) is 0 Å². The number of unbranched alkanes of at least 4 members (excludes halogenated alkanes) is 1. The summed E-state index contributed by atoms with van der Waals surface area (Å²) in [5.74, 6) is 1.95. The first-order valence-electron chi connectivity index (χ1n) is 11.5. The number of amides is 1. The predicted molar refractivity (Wildman–Crippen MR) is 128 cm³/mol. The van der Waals surface area contributed by atoms with Crippen molar-refractivity contribution in [2.75, 3.05) is 45.8 Å². The molecule has 0 aliphatic carbocycles. The van der Waals surface area contributed by atoms with Gasteiger partial charge in [0.1, 0.15) is 5.82 Å². The number of hydrogen-bond acceptors (Lipinski definition) is 6. The zero-order valence-electron chi connectivity index (χ0n) is 19.6. The van der Waals surface area contributed by atoms with Gasteiger partial charge in [0.2, 0.25) is 0 Å². The fourth-order valence-electron chi connectivity index (χ4n) is 4.08. The molecule has 4 rings (SSSR count). The first kappa shape index (κ1) is 23.1. The van der Waals surface area contributed by atoms with Crippen LogP contribution in [0.1, 0.15) is 35.9 Å². The van der Waals surface area contributed by atoms with Crippen molar-refractivity contribution < 1.29 is 19.0 Å². The van der Waals surface area contributed by atoms with Crippen LogP contribution in [0, 0.1) is 0 Å². The van der Waals surface area contributed by atoms with Crippen LogP contribution in [0.15, 0.2) is 36.4 Å². The van der Waals surface area contributed by atoms with E-state index in [-0.39, 0.29) is 5.91 Å². The molecule has 1 N–H and O–H groups in total. The number of carbonyl (C=O) groups is 1. The van der Waals surface area contributed by atoms with Crippen LogP contribution >= 0.6 is 0 Å². The lowest BCUT2D eigenvalue weighted by molar-refractivity contribution is 0.0326. The highest BCUT2D eigenvalue weighted by molar-refractivity contribution is 6.05. The number of fused-ring (bicyclic) bond motifs is 1. The van der Waals surface area contributed by atoms with Crippen LogP contribution in [-0.4, -0.2) is 60.9 Å². The Hall–Kier alpha value is -3.10. The second-order valence-electron chi connectivity index (χ2n) is 8.15. The number of aromatic nitrogens is 2. The lowest BCUT2D eigenvalue weighted by atomic mass is 10.1. The molecule has 8 nitrogen and oxygen atoms in total. The Bertz CT molecular complexity index is 1110. The molecule has 1 aromatic heterocycles. The Morgan fingerprint density at radius 1 is 1.09 bits per heavy atom. The highest BCUT2D eigenvalue weighted by Crippen LogP contribution is 2.28. The van der Waals surface area contributed by atoms with Crippen LogP contribution < -0.4 is 14.8 Å². The monoisotopic (exact) mass is 452 g/mol. The summed E-state index contributed by atoms with van der Waals surface area (Å²) in [5, 5.41) is 2.98. The summed E-state index contributed by atoms with van der Waals surface area (Å²) in [6.07, 6.45) is 2.22. The quantitative estimate of drug-likeness (QED) is 0.530. The average Bonchev–Trinajstić information content (AvgIpc) is 3.18. The van der Waals surface area contributed by atoms with Crippen LogP contribution in [0.4, 0.5) is 5.69 Å². The number of aryl methyl sites for hydroxylation is 1. The Labute approximate surface area is 194 Å². The molecule has 2 heterocycles. The van der Waals surface area contributed by atoms with Gasteiger partial charge >= 0.3 is 0 Å². The van der Waals surface area contributed by atoms with Crippen molar-refractivity contribution >= 4 is 22.6 Å². The van der Waals surface area contributed by atoms with Gasteiger partial charge in [0, 0.05) is 30.9 Å². The second kappa shape index (κ2) is 10.7. The third-order valence-corrected chi connectivity index (χ3v) is 5.93. The molecular formula is C25H32N4O4. The fraction of sp³-hybridized carbons (Fsp3) is 0.440. The minimum absolute atomic E-state index is 0.214. The van der Waals surface area contributed by atoms with Crippen molar-refractivity contribution in [3.63, 3.8) is 0 Å². The van der Waals surface area contributed by atoms with Crippen molar-refractivity contribution in [2.45, 2.75) is 32.9 Å². The molecule has 1 fully saturated rings. The van der Waals surface area contributed by atoms with Gasteiger partial charge in [-0.2, -0.15) is 0 Å². The molecule has 1 aliphatic heterocycles. The average molecular weight is 453 g/mol. The summed E-state index contributed by atoms with van der Waals surface area (Å²) < 4.78 is 18.4. The number of imidazole rings is 1. The number of anilines is 1. The lowest BCUT2D eigenvalue weighted by Gasteiger charge is -2.26. The largest absolute Gasteiger partial charge is 0.493 e. The third kappa shape index (κ3) is 5.29. The van der Waals surface area contributed by atoms with Crippen LogP contribution in [-0.2, 0) is 17.8 Å². The van der Waals surface area contributed by atoms with Gasteiger partial charge in [-0.1, -0.05) is 13.3 Å². The first-order valence-corrected chi connectivity index (χ1v) is 11.5. The van der Waals surface area contributed by atoms with E-state index in [2.05, 4.69) is 21.7 Å². The van der Waals surface area contributed by atoms with E-state index >= 15 is 0 Å². The number of methoxy groups -OCH3 is 2. The SMILES string of the molecule is CCCCn1c(CN2CCOCC2)nc2cc(NC(=O)c3ccc(OC)c(OC)c3)ccc21. The van der Waals surface area contributed by atoms with Crippen LogP contribution in [0.3, 0.4) is 0 Å². The summed E-state index contributed by atoms with van der Waals surface area (Å²) in [7, 11) is 3.12. The summed E-state index contributed by atoms with van der Waals surface area (Å²) in [5.41, 5.74) is 3.19. The molecule has 33 heavy (non-hydrogen) atoms. The molecule has 1 saturated heterocycles. The number of benzene rings is 2. The van der Waals surface area contributed by atoms with Crippen molar-refractivity contribution in [1.29, 1.82) is 0 Å². The van der Waals surface area contributed by atoms with Gasteiger partial charge in [0.15, 0.2) is 11.5 Å². The highest BCUT2D eigenvalue weighted by atomic mass is 16.5. The second-order valence-corrected chi connectivity index (χ2v) is 8.15. The molecule has 0 radical (unpaired) electrons. The van der Waals surface area contributed by atoms with E-state index in [9.17, 15) is 4.79 Å². The number of hydrogen-bond donors (Lipinski definition) is 1. The molecule has 0 atom stereocenters. The Balaban J connectivity index is 1.57. The van der Waals surface area contributed by atoms with Gasteiger partial charge in [0.05, 0.1) is 45.0 Å². The van der Waals surface area contributed by atoms with Gasteiger partial charge in [-0.25, -0.2) is 4.98 Å². The van der Waals surface area contributed by atoms with Gasteiger partial charge in [-0.05, 0) is 42.8 Å². The van der Waals surface area contributed by atoms with Crippen LogP contribution in [0.2, 0.25) is 0 Å². The van der Waals surface area contributed by atoms with Crippen molar-refractivity contribution in [2.24, 2.45) is 0 Å². The number of morpholine rings is 1. The zero-order valence-corrected chi connectivity index (χ0v) is 19.6. The van der Waals surface area contributed by atoms with E-state index in [0.29, 0.717) is 22.7 Å². The number of rotatable bonds is 9. The molecule has 0 spiro atoms. The maximum Gasteiger partial charge on any atom is 0.255 e. The Morgan fingerprint density at radius 3 is 2.61 bits per heavy atom. The van der Waals surface area contributed by atoms with Gasteiger partial charge in [-0.15, -0.1) is 0 Å². The summed E-state index contributed by atoms with van der Waals surface area (Å²) in [4.78, 5) is 20.2. The fourth-order valence-corrected chi connectivity index (χ4v) is 4.08. The van der Waals surface area contributed by atoms with Gasteiger partial charge in [0.25, 0.3) is 5.91 Å². The summed E-state index contributed by atoms with van der Waals surface area (Å²) >= 11 is 0. The van der Waals surface area contributed by atoms with E-state index in [0.717, 1.165) is 69.1 Å². The van der Waals surface area contributed by atoms with E-state index in [1.807, 2.05) is 18.2 Å². The minimum Gasteiger partial charge on any atom is -0.493 e. The van der Waals surface area contributed by atoms with Crippen molar-refractivity contribution in [3.05, 3.63) is 47.8 Å². The molecule has 3 aromatic rings. The van der Waals surface area contributed by atoms with Crippen molar-refractivity contribution in [1.82, 2.24) is 14.5 Å². The number of nitrogens with one attached hydrogen (secondary N) is 1. The minimum atomic E-state index is -0.214. The maximum atomic E-state index is 12.8. The lowest BCUT2D eigenvalue weighted by Crippen LogP contribution is -2.36. The number of carbonyl (C=O) groups excluding carboxylic acids is 1. The van der Waals surface area contributed by atoms with E-state index in [1.54, 1.807) is 32.4 Å². The van der Waals surface area contributed by atoms with Crippen LogP contribution in [0.5, 0.6) is 11.5 Å². The van der Waals surface area contributed by atoms with Gasteiger partial charge < -0.3 is 24.1 Å². The Kier molecular flexibility index (Phi) is 7.47. The number of nitrogens with zero attached hydrogens (tertiary/aromatic N) is 3. The zero-order chi connectivity index (χ0) is 23.2. The maximum absolute atomic E-state index is 12.8. The molecule has 1 aliphatic rings.